The molecule has 3 heteroatoms. The lowest BCUT2D eigenvalue weighted by atomic mass is 10.2. The van der Waals surface area contributed by atoms with E-state index in [-0.39, 0.29) is 0 Å². The van der Waals surface area contributed by atoms with E-state index in [9.17, 15) is 0 Å². The van der Waals surface area contributed by atoms with E-state index in [1.807, 2.05) is 18.2 Å². The number of benzene rings is 1. The van der Waals surface area contributed by atoms with E-state index < -0.39 is 0 Å². The van der Waals surface area contributed by atoms with Gasteiger partial charge < -0.3 is 0 Å². The summed E-state index contributed by atoms with van der Waals surface area (Å²) < 4.78 is 0. The third-order valence-electron chi connectivity index (χ3n) is 2.28. The first-order valence-electron chi connectivity index (χ1n) is 4.83. The van der Waals surface area contributed by atoms with Crippen LogP contribution in [0.5, 0.6) is 0 Å². The largest absolute Gasteiger partial charge is 0.300 e. The van der Waals surface area contributed by atoms with E-state index in [0.29, 0.717) is 10.0 Å². The second kappa shape index (κ2) is 5.59. The van der Waals surface area contributed by atoms with Gasteiger partial charge >= 0.3 is 0 Å². The Kier molecular flexibility index (Phi) is 4.73. The molecule has 0 aromatic heterocycles. The average molecular weight is 232 g/mol. The van der Waals surface area contributed by atoms with Gasteiger partial charge in [-0.1, -0.05) is 43.1 Å². The van der Waals surface area contributed by atoms with Crippen LogP contribution in [-0.2, 0) is 6.54 Å². The smallest absolute Gasteiger partial charge is 0.0595 e. The molecule has 0 unspecified atom stereocenters. The number of hydrogen-bond donors (Lipinski definition) is 0. The van der Waals surface area contributed by atoms with E-state index in [1.165, 1.54) is 5.56 Å². The Labute approximate surface area is 95.6 Å². The summed E-state index contributed by atoms with van der Waals surface area (Å²) in [6.07, 6.45) is 0. The fourth-order valence-electron chi connectivity index (χ4n) is 1.34. The van der Waals surface area contributed by atoms with Gasteiger partial charge in [-0.25, -0.2) is 0 Å². The maximum atomic E-state index is 5.93. The topological polar surface area (TPSA) is 3.24 Å². The molecule has 0 aliphatic heterocycles. The second-order valence-electron chi connectivity index (χ2n) is 3.21. The van der Waals surface area contributed by atoms with Crippen molar-refractivity contribution in [1.82, 2.24) is 4.90 Å². The molecule has 0 fully saturated rings. The summed E-state index contributed by atoms with van der Waals surface area (Å²) in [6.45, 7) is 7.35. The molecule has 78 valence electrons. The molecule has 0 saturated carbocycles. The van der Waals surface area contributed by atoms with Crippen LogP contribution in [0.3, 0.4) is 0 Å². The molecule has 0 heterocycles. The van der Waals surface area contributed by atoms with Crippen LogP contribution in [0, 0.1) is 0 Å². The fourth-order valence-corrected chi connectivity index (χ4v) is 1.66. The van der Waals surface area contributed by atoms with Crippen molar-refractivity contribution in [2.75, 3.05) is 13.1 Å². The van der Waals surface area contributed by atoms with Crippen molar-refractivity contribution < 1.29 is 0 Å². The van der Waals surface area contributed by atoms with Gasteiger partial charge in [0.1, 0.15) is 0 Å². The molecule has 1 nitrogen and oxygen atoms in total. The van der Waals surface area contributed by atoms with Crippen molar-refractivity contribution in [2.45, 2.75) is 20.4 Å². The Morgan fingerprint density at radius 3 is 2.21 bits per heavy atom. The van der Waals surface area contributed by atoms with E-state index in [1.54, 1.807) is 0 Å². The summed E-state index contributed by atoms with van der Waals surface area (Å²) >= 11 is 11.8. The Hall–Kier alpha value is -0.240. The normalized spacial score (nSPS) is 10.9. The molecule has 14 heavy (non-hydrogen) atoms. The fraction of sp³-hybridized carbons (Fsp3) is 0.455. The molecule has 0 saturated heterocycles. The zero-order valence-corrected chi connectivity index (χ0v) is 10.1. The van der Waals surface area contributed by atoms with Gasteiger partial charge in [-0.05, 0) is 30.8 Å². The van der Waals surface area contributed by atoms with Crippen LogP contribution in [0.15, 0.2) is 18.2 Å². The second-order valence-corrected chi connectivity index (χ2v) is 4.02. The molecule has 0 N–H and O–H groups in total. The molecule has 0 spiro atoms. The standard InChI is InChI=1S/C11H15Cl2N/c1-3-14(4-2)8-9-5-6-10(12)11(13)7-9/h5-7H,3-4,8H2,1-2H3. The van der Waals surface area contributed by atoms with Gasteiger partial charge in [0.05, 0.1) is 10.0 Å². The minimum Gasteiger partial charge on any atom is -0.300 e. The SMILES string of the molecule is CCN(CC)Cc1ccc(Cl)c(Cl)c1. The van der Waals surface area contributed by atoms with Crippen LogP contribution in [0.25, 0.3) is 0 Å². The Bertz CT molecular complexity index is 295. The molecule has 0 radical (unpaired) electrons. The molecule has 0 atom stereocenters. The van der Waals surface area contributed by atoms with Crippen LogP contribution in [0.1, 0.15) is 19.4 Å². The van der Waals surface area contributed by atoms with Gasteiger partial charge in [0, 0.05) is 6.54 Å². The lowest BCUT2D eigenvalue weighted by Crippen LogP contribution is -2.21. The molecule has 1 aromatic carbocycles. The number of rotatable bonds is 4. The lowest BCUT2D eigenvalue weighted by molar-refractivity contribution is 0.296. The summed E-state index contributed by atoms with van der Waals surface area (Å²) in [7, 11) is 0. The number of halogens is 2. The van der Waals surface area contributed by atoms with Crippen molar-refractivity contribution in [2.24, 2.45) is 0 Å². The lowest BCUT2D eigenvalue weighted by Gasteiger charge is -2.18. The molecule has 1 rings (SSSR count). The third-order valence-corrected chi connectivity index (χ3v) is 3.02. The first-order valence-corrected chi connectivity index (χ1v) is 5.59. The summed E-state index contributed by atoms with van der Waals surface area (Å²) in [6, 6.07) is 5.80. The monoisotopic (exact) mass is 231 g/mol. The van der Waals surface area contributed by atoms with E-state index >= 15 is 0 Å². The van der Waals surface area contributed by atoms with Crippen molar-refractivity contribution >= 4 is 23.2 Å². The van der Waals surface area contributed by atoms with Crippen LogP contribution in [0.4, 0.5) is 0 Å². The van der Waals surface area contributed by atoms with Crippen molar-refractivity contribution in [1.29, 1.82) is 0 Å². The minimum atomic E-state index is 0.620. The quantitative estimate of drug-likeness (QED) is 0.762. The van der Waals surface area contributed by atoms with Crippen molar-refractivity contribution in [3.05, 3.63) is 33.8 Å². The Morgan fingerprint density at radius 1 is 1.07 bits per heavy atom. The highest BCUT2D eigenvalue weighted by atomic mass is 35.5. The molecule has 0 bridgehead atoms. The minimum absolute atomic E-state index is 0.620. The van der Waals surface area contributed by atoms with Gasteiger partial charge in [0.15, 0.2) is 0 Å². The van der Waals surface area contributed by atoms with Gasteiger partial charge in [0.2, 0.25) is 0 Å². The molecule has 0 aliphatic carbocycles. The Morgan fingerprint density at radius 2 is 1.71 bits per heavy atom. The summed E-state index contributed by atoms with van der Waals surface area (Å²) in [5, 5.41) is 1.26. The predicted octanol–water partition coefficient (Wildman–Crippen LogP) is 3.84. The third kappa shape index (κ3) is 3.16. The number of nitrogens with zero attached hydrogens (tertiary/aromatic N) is 1. The highest BCUT2D eigenvalue weighted by Gasteiger charge is 2.03. The van der Waals surface area contributed by atoms with Gasteiger partial charge in [-0.3, -0.25) is 4.90 Å². The Balaban J connectivity index is 2.72. The van der Waals surface area contributed by atoms with Crippen LogP contribution in [-0.4, -0.2) is 18.0 Å². The summed E-state index contributed by atoms with van der Waals surface area (Å²) in [4.78, 5) is 2.33. The van der Waals surface area contributed by atoms with E-state index in [0.717, 1.165) is 19.6 Å². The zero-order chi connectivity index (χ0) is 10.6. The highest BCUT2D eigenvalue weighted by molar-refractivity contribution is 6.42. The van der Waals surface area contributed by atoms with Crippen LogP contribution >= 0.6 is 23.2 Å². The van der Waals surface area contributed by atoms with Crippen molar-refractivity contribution in [3.8, 4) is 0 Å². The van der Waals surface area contributed by atoms with Crippen LogP contribution in [0.2, 0.25) is 10.0 Å². The van der Waals surface area contributed by atoms with E-state index in [4.69, 9.17) is 23.2 Å². The molecule has 0 amide bonds. The maximum absolute atomic E-state index is 5.93. The maximum Gasteiger partial charge on any atom is 0.0595 e. The highest BCUT2D eigenvalue weighted by Crippen LogP contribution is 2.23. The summed E-state index contributed by atoms with van der Waals surface area (Å²) in [5.41, 5.74) is 1.21. The first-order chi connectivity index (χ1) is 6.67. The van der Waals surface area contributed by atoms with E-state index in [2.05, 4.69) is 18.7 Å². The van der Waals surface area contributed by atoms with Crippen molar-refractivity contribution in [3.63, 3.8) is 0 Å². The van der Waals surface area contributed by atoms with Gasteiger partial charge in [-0.15, -0.1) is 0 Å². The molecule has 0 aliphatic rings. The molecular weight excluding hydrogens is 217 g/mol. The summed E-state index contributed by atoms with van der Waals surface area (Å²) in [5.74, 6) is 0. The van der Waals surface area contributed by atoms with Crippen LogP contribution < -0.4 is 0 Å². The van der Waals surface area contributed by atoms with Gasteiger partial charge in [-0.2, -0.15) is 0 Å². The average Bonchev–Trinajstić information content (AvgIpc) is 2.19. The molecular formula is C11H15Cl2N. The zero-order valence-electron chi connectivity index (χ0n) is 8.56. The first kappa shape index (κ1) is 11.8. The number of hydrogen-bond acceptors (Lipinski definition) is 1. The predicted molar refractivity (Wildman–Crippen MR) is 63.1 cm³/mol. The van der Waals surface area contributed by atoms with Gasteiger partial charge in [0.25, 0.3) is 0 Å². The molecule has 1 aromatic rings.